The van der Waals surface area contributed by atoms with Crippen molar-refractivity contribution in [1.29, 1.82) is 0 Å². The van der Waals surface area contributed by atoms with Crippen LogP contribution in [0.4, 0.5) is 5.69 Å². The van der Waals surface area contributed by atoms with Crippen LogP contribution in [0.3, 0.4) is 0 Å². The van der Waals surface area contributed by atoms with Crippen LogP contribution in [-0.2, 0) is 27.7 Å². The van der Waals surface area contributed by atoms with Gasteiger partial charge in [-0.1, -0.05) is 30.3 Å². The number of carbonyl (C=O) groups excluding carboxylic acids is 1. The zero-order chi connectivity index (χ0) is 21.6. The van der Waals surface area contributed by atoms with Crippen molar-refractivity contribution in [2.75, 3.05) is 17.5 Å². The Labute approximate surface area is 170 Å². The molecule has 2 aromatic rings. The highest BCUT2D eigenvalue weighted by Gasteiger charge is 2.14. The fourth-order valence-corrected chi connectivity index (χ4v) is 3.53. The van der Waals surface area contributed by atoms with Crippen molar-refractivity contribution in [1.82, 2.24) is 5.32 Å². The third kappa shape index (κ3) is 7.72. The second-order valence-electron chi connectivity index (χ2n) is 7.14. The average Bonchev–Trinajstić information content (AvgIpc) is 2.60. The highest BCUT2D eigenvalue weighted by molar-refractivity contribution is 7.92. The number of hydrogen-bond donors (Lipinski definition) is 5. The molecule has 2 aromatic carbocycles. The second-order valence-corrected chi connectivity index (χ2v) is 8.89. The molecule has 0 saturated carbocycles. The molecule has 2 atom stereocenters. The summed E-state index contributed by atoms with van der Waals surface area (Å²) >= 11 is 0. The number of aliphatic hydroxyl groups is 1. The lowest BCUT2D eigenvalue weighted by Crippen LogP contribution is -2.32. The first-order valence-corrected chi connectivity index (χ1v) is 11.0. The van der Waals surface area contributed by atoms with E-state index in [-0.39, 0.29) is 36.4 Å². The normalized spacial score (nSPS) is 13.6. The van der Waals surface area contributed by atoms with Gasteiger partial charge in [0.15, 0.2) is 0 Å². The van der Waals surface area contributed by atoms with Crippen molar-refractivity contribution in [3.05, 3.63) is 59.2 Å². The van der Waals surface area contributed by atoms with Crippen LogP contribution in [0.5, 0.6) is 5.75 Å². The molecule has 0 spiro atoms. The lowest BCUT2D eigenvalue weighted by atomic mass is 10.0. The number of aromatic hydroxyl groups is 1. The van der Waals surface area contributed by atoms with Crippen LogP contribution in [0.2, 0.25) is 0 Å². The predicted molar refractivity (Wildman–Crippen MR) is 112 cm³/mol. The van der Waals surface area contributed by atoms with E-state index in [0.717, 1.165) is 17.4 Å². The minimum Gasteiger partial charge on any atom is -0.506 e. The number of phenolic OH excluding ortho intramolecular Hbond substituents is 1. The molecular formula is C20H27N3O5S. The third-order valence-corrected chi connectivity index (χ3v) is 4.86. The number of aliphatic hydroxyl groups excluding tert-OH is 1. The summed E-state index contributed by atoms with van der Waals surface area (Å²) in [6.45, 7) is 2.21. The highest BCUT2D eigenvalue weighted by Crippen LogP contribution is 2.27. The topological polar surface area (TPSA) is 142 Å². The van der Waals surface area contributed by atoms with Gasteiger partial charge in [0, 0.05) is 12.6 Å². The Morgan fingerprint density at radius 1 is 1.17 bits per heavy atom. The number of sulfonamides is 1. The third-order valence-electron chi connectivity index (χ3n) is 4.27. The van der Waals surface area contributed by atoms with E-state index in [0.29, 0.717) is 12.0 Å². The number of carbonyl (C=O) groups is 1. The van der Waals surface area contributed by atoms with Crippen molar-refractivity contribution in [2.24, 2.45) is 5.73 Å². The number of anilines is 1. The van der Waals surface area contributed by atoms with E-state index in [2.05, 4.69) is 10.0 Å². The van der Waals surface area contributed by atoms with Gasteiger partial charge in [-0.05, 0) is 42.2 Å². The molecule has 1 amide bonds. The van der Waals surface area contributed by atoms with Crippen LogP contribution >= 0.6 is 0 Å². The Hall–Kier alpha value is -2.62. The molecule has 158 valence electrons. The maximum atomic E-state index is 11.4. The Kier molecular flexibility index (Phi) is 7.60. The number of nitrogens with two attached hydrogens (primary N) is 1. The van der Waals surface area contributed by atoms with Crippen molar-refractivity contribution >= 4 is 21.6 Å². The molecule has 0 saturated heterocycles. The molecule has 6 N–H and O–H groups in total. The first-order chi connectivity index (χ1) is 13.5. The van der Waals surface area contributed by atoms with E-state index >= 15 is 0 Å². The molecule has 0 heterocycles. The predicted octanol–water partition coefficient (Wildman–Crippen LogP) is 1.05. The van der Waals surface area contributed by atoms with Gasteiger partial charge in [-0.25, -0.2) is 8.42 Å². The summed E-state index contributed by atoms with van der Waals surface area (Å²) in [4.78, 5) is 11.1. The summed E-state index contributed by atoms with van der Waals surface area (Å²) in [7, 11) is -3.55. The fraction of sp³-hybridized carbons (Fsp3) is 0.350. The molecule has 2 rings (SSSR count). The van der Waals surface area contributed by atoms with Crippen LogP contribution in [0.1, 0.15) is 29.7 Å². The molecule has 0 bridgehead atoms. The fourth-order valence-electron chi connectivity index (χ4n) is 2.97. The summed E-state index contributed by atoms with van der Waals surface area (Å²) in [5.41, 5.74) is 7.62. The molecular weight excluding hydrogens is 394 g/mol. The van der Waals surface area contributed by atoms with Gasteiger partial charge < -0.3 is 21.3 Å². The maximum absolute atomic E-state index is 11.4. The molecule has 0 fully saturated rings. The van der Waals surface area contributed by atoms with E-state index < -0.39 is 16.1 Å². The zero-order valence-corrected chi connectivity index (χ0v) is 17.2. The van der Waals surface area contributed by atoms with Gasteiger partial charge in [0.25, 0.3) is 0 Å². The Morgan fingerprint density at radius 3 is 2.52 bits per heavy atom. The largest absolute Gasteiger partial charge is 0.506 e. The maximum Gasteiger partial charge on any atom is 0.229 e. The number of hydrogen-bond acceptors (Lipinski definition) is 6. The Morgan fingerprint density at radius 2 is 1.86 bits per heavy atom. The van der Waals surface area contributed by atoms with E-state index in [4.69, 9.17) is 5.73 Å². The summed E-state index contributed by atoms with van der Waals surface area (Å²) in [5, 5.41) is 23.4. The molecule has 29 heavy (non-hydrogen) atoms. The monoisotopic (exact) mass is 421 g/mol. The van der Waals surface area contributed by atoms with Crippen LogP contribution in [-0.4, -0.2) is 43.4 Å². The molecule has 8 nitrogen and oxygen atoms in total. The van der Waals surface area contributed by atoms with Gasteiger partial charge in [0.1, 0.15) is 5.75 Å². The molecule has 0 radical (unpaired) electrons. The lowest BCUT2D eigenvalue weighted by molar-refractivity contribution is -0.117. The first kappa shape index (κ1) is 22.7. The molecule has 0 aliphatic rings. The molecule has 9 heteroatoms. The van der Waals surface area contributed by atoms with Gasteiger partial charge in [-0.2, -0.15) is 0 Å². The quantitative estimate of drug-likeness (QED) is 0.363. The number of phenols is 1. The summed E-state index contributed by atoms with van der Waals surface area (Å²) < 4.78 is 25.0. The average molecular weight is 422 g/mol. The van der Waals surface area contributed by atoms with Crippen molar-refractivity contribution in [3.8, 4) is 5.75 Å². The van der Waals surface area contributed by atoms with Crippen molar-refractivity contribution in [3.63, 3.8) is 0 Å². The molecule has 0 unspecified atom stereocenters. The molecule has 0 aliphatic carbocycles. The van der Waals surface area contributed by atoms with E-state index in [1.165, 1.54) is 18.2 Å². The first-order valence-electron chi connectivity index (χ1n) is 9.12. The summed E-state index contributed by atoms with van der Waals surface area (Å²) in [6, 6.07) is 11.9. The van der Waals surface area contributed by atoms with E-state index in [1.807, 2.05) is 31.2 Å². The second kappa shape index (κ2) is 9.73. The summed E-state index contributed by atoms with van der Waals surface area (Å²) in [6.07, 6.45) is 0.978. The van der Waals surface area contributed by atoms with Crippen LogP contribution in [0.15, 0.2) is 42.5 Å². The number of benzene rings is 2. The highest BCUT2D eigenvalue weighted by atomic mass is 32.2. The minimum atomic E-state index is -3.55. The standard InChI is InChI=1S/C20H27N3O5S/c1-13(8-14-4-3-5-15(9-14)10-20(21)26)22-12-19(25)16-6-7-18(24)17(11-16)23-29(2,27)28/h3-7,9,11,13,19,22-25H,8,10,12H2,1-2H3,(H2,21,26)/t13-,19+/m1/s1. The molecule has 0 aliphatic heterocycles. The van der Waals surface area contributed by atoms with E-state index in [9.17, 15) is 23.4 Å². The SMILES string of the molecule is C[C@H](Cc1cccc(CC(N)=O)c1)NC[C@H](O)c1ccc(O)c(NS(C)(=O)=O)c1. The van der Waals surface area contributed by atoms with Gasteiger partial charge in [-0.15, -0.1) is 0 Å². The van der Waals surface area contributed by atoms with Crippen molar-refractivity contribution in [2.45, 2.75) is 31.9 Å². The lowest BCUT2D eigenvalue weighted by Gasteiger charge is -2.19. The number of amides is 1. The van der Waals surface area contributed by atoms with Crippen molar-refractivity contribution < 1.29 is 23.4 Å². The van der Waals surface area contributed by atoms with Crippen LogP contribution in [0, 0.1) is 0 Å². The number of primary amides is 1. The smallest absolute Gasteiger partial charge is 0.229 e. The van der Waals surface area contributed by atoms with Gasteiger partial charge in [0.2, 0.25) is 15.9 Å². The number of rotatable bonds is 10. The van der Waals surface area contributed by atoms with Gasteiger partial charge in [0.05, 0.1) is 24.5 Å². The van der Waals surface area contributed by atoms with Crippen LogP contribution in [0.25, 0.3) is 0 Å². The van der Waals surface area contributed by atoms with Crippen LogP contribution < -0.4 is 15.8 Å². The molecule has 0 aromatic heterocycles. The summed E-state index contributed by atoms with van der Waals surface area (Å²) in [5.74, 6) is -0.598. The number of nitrogens with one attached hydrogen (secondary N) is 2. The zero-order valence-electron chi connectivity index (χ0n) is 16.4. The van der Waals surface area contributed by atoms with Gasteiger partial charge in [-0.3, -0.25) is 9.52 Å². The Bertz CT molecular complexity index is 962. The minimum absolute atomic E-state index is 0.0170. The Balaban J connectivity index is 1.95. The van der Waals surface area contributed by atoms with E-state index in [1.54, 1.807) is 0 Å². The van der Waals surface area contributed by atoms with Gasteiger partial charge >= 0.3 is 0 Å².